The van der Waals surface area contributed by atoms with E-state index in [1.165, 1.54) is 5.56 Å². The Hall–Kier alpha value is -0.470. The Balaban J connectivity index is 1.91. The van der Waals surface area contributed by atoms with Crippen LogP contribution in [0.25, 0.3) is 0 Å². The number of ether oxygens (including phenoxy) is 1. The van der Waals surface area contributed by atoms with Gasteiger partial charge in [0.1, 0.15) is 0 Å². The average molecular weight is 332 g/mol. The Morgan fingerprint density at radius 1 is 1.29 bits per heavy atom. The summed E-state index contributed by atoms with van der Waals surface area (Å²) < 4.78 is 31.2. The van der Waals surface area contributed by atoms with Crippen molar-refractivity contribution in [1.82, 2.24) is 9.21 Å². The highest BCUT2D eigenvalue weighted by molar-refractivity contribution is 7.89. The largest absolute Gasteiger partial charge is 0.381 e. The van der Waals surface area contributed by atoms with E-state index in [0.717, 1.165) is 13.1 Å². The molecule has 2 atom stereocenters. The zero-order valence-electron chi connectivity index (χ0n) is 12.9. The van der Waals surface area contributed by atoms with Crippen molar-refractivity contribution >= 4 is 21.4 Å². The SMILES string of the molecule is COC(C)CS(=O)(=O)N1CCN(C(C)c2ccsc2)CC1. The minimum Gasteiger partial charge on any atom is -0.381 e. The number of sulfonamides is 1. The molecule has 21 heavy (non-hydrogen) atoms. The molecule has 2 rings (SSSR count). The van der Waals surface area contributed by atoms with E-state index in [1.807, 2.05) is 0 Å². The quantitative estimate of drug-likeness (QED) is 0.797. The van der Waals surface area contributed by atoms with Crippen molar-refractivity contribution in [2.75, 3.05) is 39.0 Å². The van der Waals surface area contributed by atoms with Gasteiger partial charge in [-0.05, 0) is 36.2 Å². The van der Waals surface area contributed by atoms with Crippen molar-refractivity contribution in [1.29, 1.82) is 0 Å². The molecular weight excluding hydrogens is 308 g/mol. The molecule has 0 spiro atoms. The molecule has 2 unspecified atom stereocenters. The van der Waals surface area contributed by atoms with Crippen molar-refractivity contribution in [3.8, 4) is 0 Å². The van der Waals surface area contributed by atoms with Crippen LogP contribution in [0.1, 0.15) is 25.5 Å². The van der Waals surface area contributed by atoms with Crippen molar-refractivity contribution in [3.05, 3.63) is 22.4 Å². The lowest BCUT2D eigenvalue weighted by Gasteiger charge is -2.37. The molecule has 0 aromatic carbocycles. The second-order valence-corrected chi connectivity index (χ2v) is 8.29. The second kappa shape index (κ2) is 7.19. The number of hydrogen-bond acceptors (Lipinski definition) is 5. The summed E-state index contributed by atoms with van der Waals surface area (Å²) in [6.07, 6.45) is -0.266. The zero-order valence-corrected chi connectivity index (χ0v) is 14.5. The molecule has 2 heterocycles. The molecule has 0 amide bonds. The first-order valence-electron chi connectivity index (χ1n) is 7.21. The van der Waals surface area contributed by atoms with Crippen LogP contribution in [-0.2, 0) is 14.8 Å². The van der Waals surface area contributed by atoms with Crippen LogP contribution in [0.2, 0.25) is 0 Å². The first kappa shape index (κ1) is 16.9. The lowest BCUT2D eigenvalue weighted by Crippen LogP contribution is -2.50. The lowest BCUT2D eigenvalue weighted by atomic mass is 10.1. The van der Waals surface area contributed by atoms with E-state index in [4.69, 9.17) is 4.74 Å². The van der Waals surface area contributed by atoms with Crippen LogP contribution in [0.4, 0.5) is 0 Å². The molecule has 5 nitrogen and oxygen atoms in total. The van der Waals surface area contributed by atoms with Gasteiger partial charge in [0, 0.05) is 39.3 Å². The summed E-state index contributed by atoms with van der Waals surface area (Å²) in [5.74, 6) is 0.0591. The van der Waals surface area contributed by atoms with Crippen LogP contribution in [0.15, 0.2) is 16.8 Å². The summed E-state index contributed by atoms with van der Waals surface area (Å²) in [5.41, 5.74) is 1.31. The van der Waals surface area contributed by atoms with Gasteiger partial charge >= 0.3 is 0 Å². The first-order chi connectivity index (χ1) is 9.94. The summed E-state index contributed by atoms with van der Waals surface area (Å²) in [7, 11) is -1.67. The standard InChI is InChI=1S/C14H24N2O3S2/c1-12(19-3)11-21(17,18)16-7-5-15(6-8-16)13(2)14-4-9-20-10-14/h4,9-10,12-13H,5-8,11H2,1-3H3. The van der Waals surface area contributed by atoms with E-state index in [-0.39, 0.29) is 11.9 Å². The Kier molecular flexibility index (Phi) is 5.79. The van der Waals surface area contributed by atoms with Crippen LogP contribution >= 0.6 is 11.3 Å². The van der Waals surface area contributed by atoms with Crippen molar-refractivity contribution in [2.45, 2.75) is 26.0 Å². The topological polar surface area (TPSA) is 49.9 Å². The number of methoxy groups -OCH3 is 1. The minimum atomic E-state index is -3.21. The maximum Gasteiger partial charge on any atom is 0.216 e. The summed E-state index contributed by atoms with van der Waals surface area (Å²) in [5, 5.41) is 4.24. The van der Waals surface area contributed by atoms with Crippen molar-refractivity contribution in [3.63, 3.8) is 0 Å². The molecule has 1 aliphatic heterocycles. The fourth-order valence-electron chi connectivity index (χ4n) is 2.56. The highest BCUT2D eigenvalue weighted by Crippen LogP contribution is 2.24. The molecule has 0 bridgehead atoms. The van der Waals surface area contributed by atoms with E-state index in [2.05, 4.69) is 28.7 Å². The second-order valence-electron chi connectivity index (χ2n) is 5.49. The Bertz CT molecular complexity index is 522. The molecule has 1 fully saturated rings. The number of rotatable bonds is 6. The van der Waals surface area contributed by atoms with Crippen molar-refractivity contribution < 1.29 is 13.2 Å². The molecule has 120 valence electrons. The van der Waals surface area contributed by atoms with Crippen LogP contribution in [0, 0.1) is 0 Å². The van der Waals surface area contributed by atoms with E-state index in [1.54, 1.807) is 29.7 Å². The Morgan fingerprint density at radius 3 is 2.48 bits per heavy atom. The summed E-state index contributed by atoms with van der Waals surface area (Å²) in [4.78, 5) is 2.34. The third kappa shape index (κ3) is 4.26. The predicted octanol–water partition coefficient (Wildman–Crippen LogP) is 1.79. The molecule has 7 heteroatoms. The molecule has 1 saturated heterocycles. The molecule has 0 aliphatic carbocycles. The molecule has 1 aromatic heterocycles. The fourth-order valence-corrected chi connectivity index (χ4v) is 4.97. The normalized spacial score (nSPS) is 21.3. The van der Waals surface area contributed by atoms with E-state index in [9.17, 15) is 8.42 Å². The third-order valence-corrected chi connectivity index (χ3v) is 6.83. The molecule has 0 radical (unpaired) electrons. The van der Waals surface area contributed by atoms with Gasteiger partial charge in [0.15, 0.2) is 0 Å². The van der Waals surface area contributed by atoms with Gasteiger partial charge in [-0.15, -0.1) is 0 Å². The number of piperazine rings is 1. The van der Waals surface area contributed by atoms with Gasteiger partial charge in [0.05, 0.1) is 11.9 Å². The molecular formula is C14H24N2O3S2. The summed E-state index contributed by atoms with van der Waals surface area (Å²) >= 11 is 1.70. The van der Waals surface area contributed by atoms with Crippen LogP contribution in [0.3, 0.4) is 0 Å². The smallest absolute Gasteiger partial charge is 0.216 e. The van der Waals surface area contributed by atoms with E-state index < -0.39 is 10.0 Å². The number of nitrogens with zero attached hydrogens (tertiary/aromatic N) is 2. The predicted molar refractivity (Wildman–Crippen MR) is 86.1 cm³/mol. The fraction of sp³-hybridized carbons (Fsp3) is 0.714. The maximum absolute atomic E-state index is 12.3. The Labute approximate surface area is 131 Å². The zero-order chi connectivity index (χ0) is 15.5. The van der Waals surface area contributed by atoms with Gasteiger partial charge in [-0.3, -0.25) is 4.90 Å². The summed E-state index contributed by atoms with van der Waals surface area (Å²) in [6, 6.07) is 2.48. The molecule has 1 aromatic rings. The van der Waals surface area contributed by atoms with Crippen LogP contribution in [-0.4, -0.2) is 62.8 Å². The number of hydrogen-bond donors (Lipinski definition) is 0. The van der Waals surface area contributed by atoms with Gasteiger partial charge in [0.2, 0.25) is 10.0 Å². The van der Waals surface area contributed by atoms with Gasteiger partial charge in [-0.1, -0.05) is 0 Å². The van der Waals surface area contributed by atoms with Crippen molar-refractivity contribution in [2.24, 2.45) is 0 Å². The molecule has 0 N–H and O–H groups in total. The monoisotopic (exact) mass is 332 g/mol. The van der Waals surface area contributed by atoms with Gasteiger partial charge in [0.25, 0.3) is 0 Å². The molecule has 1 aliphatic rings. The van der Waals surface area contributed by atoms with Crippen LogP contribution < -0.4 is 0 Å². The minimum absolute atomic E-state index is 0.0591. The van der Waals surface area contributed by atoms with E-state index >= 15 is 0 Å². The maximum atomic E-state index is 12.3. The first-order valence-corrected chi connectivity index (χ1v) is 9.76. The van der Waals surface area contributed by atoms with Gasteiger partial charge < -0.3 is 4.74 Å². The van der Waals surface area contributed by atoms with Gasteiger partial charge in [-0.2, -0.15) is 15.6 Å². The van der Waals surface area contributed by atoms with E-state index in [0.29, 0.717) is 19.1 Å². The van der Waals surface area contributed by atoms with Crippen LogP contribution in [0.5, 0.6) is 0 Å². The highest BCUT2D eigenvalue weighted by Gasteiger charge is 2.30. The Morgan fingerprint density at radius 2 is 1.95 bits per heavy atom. The highest BCUT2D eigenvalue weighted by atomic mass is 32.2. The van der Waals surface area contributed by atoms with Gasteiger partial charge in [-0.25, -0.2) is 8.42 Å². The third-order valence-electron chi connectivity index (χ3n) is 4.09. The lowest BCUT2D eigenvalue weighted by molar-refractivity contribution is 0.129. The summed E-state index contributed by atoms with van der Waals surface area (Å²) in [6.45, 7) is 6.64. The molecule has 0 saturated carbocycles. The average Bonchev–Trinajstić information content (AvgIpc) is 3.00. The number of thiophene rings is 1.